The first-order valence-electron chi connectivity index (χ1n) is 8.64. The number of hydrazine groups is 1. The van der Waals surface area contributed by atoms with Gasteiger partial charge >= 0.3 is 0 Å². The number of carbonyl (C=O) groups is 2. The van der Waals surface area contributed by atoms with Crippen LogP contribution in [0.25, 0.3) is 0 Å². The number of amides is 2. The predicted molar refractivity (Wildman–Crippen MR) is 99.7 cm³/mol. The second-order valence-corrected chi connectivity index (χ2v) is 6.12. The topological polar surface area (TPSA) is 101 Å². The summed E-state index contributed by atoms with van der Waals surface area (Å²) in [7, 11) is 0. The Hall–Kier alpha value is -3.44. The van der Waals surface area contributed by atoms with Crippen LogP contribution in [0.2, 0.25) is 0 Å². The van der Waals surface area contributed by atoms with Gasteiger partial charge in [0.2, 0.25) is 0 Å². The van der Waals surface area contributed by atoms with Crippen LogP contribution in [0.3, 0.4) is 0 Å². The van der Waals surface area contributed by atoms with Crippen molar-refractivity contribution in [3.63, 3.8) is 0 Å². The van der Waals surface area contributed by atoms with Crippen molar-refractivity contribution in [3.05, 3.63) is 59.8 Å². The van der Waals surface area contributed by atoms with Crippen molar-refractivity contribution in [1.82, 2.24) is 20.7 Å². The molecule has 1 aliphatic rings. The minimum absolute atomic E-state index is 0.191. The Balaban J connectivity index is 1.44. The number of nitrogens with zero attached hydrogens (tertiary/aromatic N) is 4. The van der Waals surface area contributed by atoms with Crippen LogP contribution in [0.4, 0.5) is 5.82 Å². The molecule has 0 radical (unpaired) electrons. The largest absolute Gasteiger partial charge is 0.353 e. The fraction of sp³-hybridized carbons (Fsp3) is 0.263. The first-order valence-corrected chi connectivity index (χ1v) is 8.64. The van der Waals surface area contributed by atoms with Gasteiger partial charge in [-0.05, 0) is 24.3 Å². The van der Waals surface area contributed by atoms with Crippen molar-refractivity contribution >= 4 is 17.6 Å². The molecule has 8 heteroatoms. The molecule has 2 N–H and O–H groups in total. The summed E-state index contributed by atoms with van der Waals surface area (Å²) in [6.45, 7) is 2.88. The van der Waals surface area contributed by atoms with Gasteiger partial charge in [0.05, 0.1) is 12.1 Å². The Morgan fingerprint density at radius 2 is 1.78 bits per heavy atom. The Labute approximate surface area is 157 Å². The second kappa shape index (κ2) is 8.78. The molecule has 0 atom stereocenters. The van der Waals surface area contributed by atoms with E-state index in [1.807, 2.05) is 15.9 Å². The van der Waals surface area contributed by atoms with E-state index >= 15 is 0 Å². The van der Waals surface area contributed by atoms with Gasteiger partial charge in [-0.1, -0.05) is 18.2 Å². The van der Waals surface area contributed by atoms with Crippen LogP contribution >= 0.6 is 0 Å². The van der Waals surface area contributed by atoms with Crippen LogP contribution in [0, 0.1) is 11.3 Å². The van der Waals surface area contributed by atoms with Crippen LogP contribution in [-0.2, 0) is 4.79 Å². The lowest BCUT2D eigenvalue weighted by molar-refractivity contribution is -0.123. The van der Waals surface area contributed by atoms with Gasteiger partial charge in [0.15, 0.2) is 0 Å². The summed E-state index contributed by atoms with van der Waals surface area (Å²) in [5, 5.41) is 9.19. The molecular formula is C19H20N6O2. The molecule has 0 unspecified atom stereocenters. The summed E-state index contributed by atoms with van der Waals surface area (Å²) in [6, 6.07) is 14.3. The van der Waals surface area contributed by atoms with Gasteiger partial charge < -0.3 is 4.90 Å². The van der Waals surface area contributed by atoms with Crippen LogP contribution in [0.1, 0.15) is 15.9 Å². The number of rotatable bonds is 4. The number of anilines is 1. The third kappa shape index (κ3) is 4.80. The Morgan fingerprint density at radius 3 is 2.48 bits per heavy atom. The molecule has 1 aromatic carbocycles. The molecule has 0 saturated carbocycles. The molecule has 2 heterocycles. The van der Waals surface area contributed by atoms with Crippen LogP contribution in [-0.4, -0.2) is 54.4 Å². The molecule has 1 saturated heterocycles. The smallest absolute Gasteiger partial charge is 0.269 e. The number of pyridine rings is 1. The summed E-state index contributed by atoms with van der Waals surface area (Å²) in [5.74, 6) is 0.0514. The van der Waals surface area contributed by atoms with Crippen molar-refractivity contribution in [3.8, 4) is 6.07 Å². The number of benzene rings is 1. The molecule has 2 aromatic rings. The number of hydrogen-bond donors (Lipinski definition) is 2. The Morgan fingerprint density at radius 1 is 1.04 bits per heavy atom. The third-order valence-corrected chi connectivity index (χ3v) is 4.30. The van der Waals surface area contributed by atoms with Crippen molar-refractivity contribution in [2.45, 2.75) is 0 Å². The van der Waals surface area contributed by atoms with Crippen molar-refractivity contribution < 1.29 is 9.59 Å². The van der Waals surface area contributed by atoms with Crippen molar-refractivity contribution in [2.75, 3.05) is 37.6 Å². The first-order chi connectivity index (χ1) is 13.2. The fourth-order valence-electron chi connectivity index (χ4n) is 2.88. The maximum absolute atomic E-state index is 12.1. The zero-order valence-corrected chi connectivity index (χ0v) is 14.8. The van der Waals surface area contributed by atoms with Gasteiger partial charge in [0, 0.05) is 37.9 Å². The lowest BCUT2D eigenvalue weighted by Crippen LogP contribution is -2.52. The van der Waals surface area contributed by atoms with Gasteiger partial charge in [-0.2, -0.15) is 5.26 Å². The number of nitriles is 1. The van der Waals surface area contributed by atoms with Gasteiger partial charge in [-0.15, -0.1) is 0 Å². The molecule has 3 rings (SSSR count). The predicted octanol–water partition coefficient (Wildman–Crippen LogP) is 0.536. The molecule has 1 aromatic heterocycles. The Kier molecular flexibility index (Phi) is 5.97. The fourth-order valence-corrected chi connectivity index (χ4v) is 2.88. The SMILES string of the molecule is N#Cc1cccnc1N1CCN(CC(=O)NNC(=O)c2ccccc2)CC1. The molecular weight excluding hydrogens is 344 g/mol. The molecule has 8 nitrogen and oxygen atoms in total. The average Bonchev–Trinajstić information content (AvgIpc) is 2.73. The minimum atomic E-state index is -0.354. The van der Waals surface area contributed by atoms with E-state index in [4.69, 9.17) is 0 Å². The van der Waals surface area contributed by atoms with Gasteiger partial charge in [-0.25, -0.2) is 4.98 Å². The van der Waals surface area contributed by atoms with Crippen LogP contribution in [0.15, 0.2) is 48.7 Å². The van der Waals surface area contributed by atoms with Crippen LogP contribution in [0.5, 0.6) is 0 Å². The maximum atomic E-state index is 12.1. The molecule has 0 bridgehead atoms. The van der Waals surface area contributed by atoms with E-state index in [1.54, 1.807) is 42.6 Å². The highest BCUT2D eigenvalue weighted by molar-refractivity contribution is 5.95. The second-order valence-electron chi connectivity index (χ2n) is 6.12. The highest BCUT2D eigenvalue weighted by Gasteiger charge is 2.21. The zero-order chi connectivity index (χ0) is 19.1. The molecule has 2 amide bonds. The lowest BCUT2D eigenvalue weighted by Gasteiger charge is -2.35. The van der Waals surface area contributed by atoms with E-state index < -0.39 is 0 Å². The van der Waals surface area contributed by atoms with E-state index in [9.17, 15) is 14.9 Å². The van der Waals surface area contributed by atoms with E-state index in [1.165, 1.54) is 0 Å². The first kappa shape index (κ1) is 18.4. The normalized spacial score (nSPS) is 14.3. The maximum Gasteiger partial charge on any atom is 0.269 e. The summed E-state index contributed by atoms with van der Waals surface area (Å²) < 4.78 is 0. The molecule has 0 spiro atoms. The van der Waals surface area contributed by atoms with Crippen LogP contribution < -0.4 is 15.8 Å². The molecule has 1 fully saturated rings. The summed E-state index contributed by atoms with van der Waals surface area (Å²) >= 11 is 0. The number of aromatic nitrogens is 1. The van der Waals surface area contributed by atoms with E-state index in [0.29, 0.717) is 43.1 Å². The zero-order valence-electron chi connectivity index (χ0n) is 14.8. The van der Waals surface area contributed by atoms with E-state index in [-0.39, 0.29) is 18.4 Å². The lowest BCUT2D eigenvalue weighted by atomic mass is 10.2. The Bertz CT molecular complexity index is 841. The number of piperazine rings is 1. The monoisotopic (exact) mass is 364 g/mol. The number of carbonyl (C=O) groups excluding carboxylic acids is 2. The number of nitrogens with one attached hydrogen (secondary N) is 2. The highest BCUT2D eigenvalue weighted by Crippen LogP contribution is 2.17. The summed E-state index contributed by atoms with van der Waals surface area (Å²) in [6.07, 6.45) is 1.67. The molecule has 138 valence electrons. The molecule has 27 heavy (non-hydrogen) atoms. The number of hydrogen-bond acceptors (Lipinski definition) is 6. The van der Waals surface area contributed by atoms with Gasteiger partial charge in [0.25, 0.3) is 11.8 Å². The van der Waals surface area contributed by atoms with E-state index in [0.717, 1.165) is 0 Å². The molecule has 0 aliphatic carbocycles. The van der Waals surface area contributed by atoms with E-state index in [2.05, 4.69) is 21.9 Å². The highest BCUT2D eigenvalue weighted by atomic mass is 16.2. The quantitative estimate of drug-likeness (QED) is 0.768. The molecule has 1 aliphatic heterocycles. The standard InChI is InChI=1S/C19H20N6O2/c20-13-16-7-4-8-21-18(16)25-11-9-24(10-12-25)14-17(26)22-23-19(27)15-5-2-1-3-6-15/h1-8H,9-12,14H2,(H,22,26)(H,23,27). The van der Waals surface area contributed by atoms with Gasteiger partial charge in [-0.3, -0.25) is 25.3 Å². The average molecular weight is 364 g/mol. The van der Waals surface area contributed by atoms with Crippen molar-refractivity contribution in [1.29, 1.82) is 5.26 Å². The summed E-state index contributed by atoms with van der Waals surface area (Å²) in [4.78, 5) is 32.3. The third-order valence-electron chi connectivity index (χ3n) is 4.30. The minimum Gasteiger partial charge on any atom is -0.353 e. The summed E-state index contributed by atoms with van der Waals surface area (Å²) in [5.41, 5.74) is 5.89. The van der Waals surface area contributed by atoms with Gasteiger partial charge in [0.1, 0.15) is 11.9 Å². The van der Waals surface area contributed by atoms with Crippen molar-refractivity contribution in [2.24, 2.45) is 0 Å².